The van der Waals surface area contributed by atoms with Gasteiger partial charge in [0.05, 0.1) is 33.3 Å². The summed E-state index contributed by atoms with van der Waals surface area (Å²) in [4.78, 5) is 45.9. The van der Waals surface area contributed by atoms with E-state index >= 15 is 4.79 Å². The molecule has 9 nitrogen and oxygen atoms in total. The van der Waals surface area contributed by atoms with Crippen molar-refractivity contribution < 1.29 is 23.3 Å². The highest BCUT2D eigenvalue weighted by molar-refractivity contribution is 7.99. The van der Waals surface area contributed by atoms with Gasteiger partial charge in [0, 0.05) is 66.4 Å². The molecule has 2 saturated heterocycles. The van der Waals surface area contributed by atoms with Crippen LogP contribution in [0.5, 0.6) is 5.75 Å². The molecule has 264 valence electrons. The Balaban J connectivity index is 1.19. The highest BCUT2D eigenvalue weighted by Gasteiger charge is 2.65. The molecule has 3 amide bonds. The zero-order valence-corrected chi connectivity index (χ0v) is 30.1. The summed E-state index contributed by atoms with van der Waals surface area (Å²) in [6, 6.07) is 12.2. The number of benzene rings is 2. The molecule has 5 fully saturated rings. The number of amides is 3. The second-order valence-electron chi connectivity index (χ2n) is 16.2. The lowest BCUT2D eigenvalue weighted by atomic mass is 9.78. The fraction of sp³-hybridized carbons (Fsp3) is 0.550. The highest BCUT2D eigenvalue weighted by Crippen LogP contribution is 2.66. The summed E-state index contributed by atoms with van der Waals surface area (Å²) in [5, 5.41) is 1.07. The van der Waals surface area contributed by atoms with Crippen molar-refractivity contribution in [3.8, 4) is 17.0 Å². The van der Waals surface area contributed by atoms with Crippen LogP contribution >= 0.6 is 0 Å². The van der Waals surface area contributed by atoms with E-state index in [1.165, 1.54) is 24.8 Å². The van der Waals surface area contributed by atoms with E-state index in [0.29, 0.717) is 31.1 Å². The lowest BCUT2D eigenvalue weighted by molar-refractivity contribution is -0.146. The molecule has 4 unspecified atom stereocenters. The number of nitrogens with zero attached hydrogens (tertiary/aromatic N) is 3. The maximum atomic E-state index is 15.1. The van der Waals surface area contributed by atoms with E-state index in [4.69, 9.17) is 4.74 Å². The average Bonchev–Trinajstić information content (AvgIpc) is 4.05. The van der Waals surface area contributed by atoms with E-state index in [-0.39, 0.29) is 28.9 Å². The van der Waals surface area contributed by atoms with E-state index in [1.54, 1.807) is 7.11 Å². The van der Waals surface area contributed by atoms with Gasteiger partial charge in [-0.1, -0.05) is 25.3 Å². The van der Waals surface area contributed by atoms with Crippen LogP contribution in [0.3, 0.4) is 0 Å². The molecule has 3 aliphatic carbocycles. The first-order valence-electron chi connectivity index (χ1n) is 18.6. The molecule has 0 bridgehead atoms. The number of rotatable bonds is 6. The molecule has 3 aromatic rings. The van der Waals surface area contributed by atoms with Crippen LogP contribution in [0, 0.1) is 10.8 Å². The molecule has 50 heavy (non-hydrogen) atoms. The first-order chi connectivity index (χ1) is 24.0. The quantitative estimate of drug-likeness (QED) is 0.326. The number of carbonyl (C=O) groups excluding carboxylic acids is 3. The molecule has 10 heteroatoms. The first-order valence-corrected chi connectivity index (χ1v) is 20.4. The molecule has 9 rings (SSSR count). The molecular formula is C40H48N4O5S. The summed E-state index contributed by atoms with van der Waals surface area (Å²) in [7, 11) is 0.850. The Morgan fingerprint density at radius 2 is 1.78 bits per heavy atom. The van der Waals surface area contributed by atoms with E-state index in [2.05, 4.69) is 33.4 Å². The summed E-state index contributed by atoms with van der Waals surface area (Å²) in [6.07, 6.45) is 10.6. The van der Waals surface area contributed by atoms with Gasteiger partial charge in [-0.2, -0.15) is 0 Å². The van der Waals surface area contributed by atoms with Crippen molar-refractivity contribution in [3.63, 3.8) is 0 Å². The number of nitrogens with one attached hydrogen (secondary N) is 1. The Kier molecular flexibility index (Phi) is 7.30. The van der Waals surface area contributed by atoms with Gasteiger partial charge in [-0.05, 0) is 105 Å². The minimum Gasteiger partial charge on any atom is -0.497 e. The first kappa shape index (κ1) is 32.1. The van der Waals surface area contributed by atoms with Crippen LogP contribution < -0.4 is 9.46 Å². The van der Waals surface area contributed by atoms with E-state index < -0.39 is 20.5 Å². The zero-order valence-electron chi connectivity index (χ0n) is 29.3. The van der Waals surface area contributed by atoms with Crippen molar-refractivity contribution >= 4 is 44.2 Å². The van der Waals surface area contributed by atoms with Gasteiger partial charge in [-0.25, -0.2) is 4.21 Å². The highest BCUT2D eigenvalue weighted by atomic mass is 32.2. The summed E-state index contributed by atoms with van der Waals surface area (Å²) >= 11 is 0. The molecule has 3 aliphatic heterocycles. The Morgan fingerprint density at radius 3 is 2.50 bits per heavy atom. The number of aromatic nitrogens is 1. The topological polar surface area (TPSA) is 101 Å². The largest absolute Gasteiger partial charge is 0.497 e. The van der Waals surface area contributed by atoms with Crippen molar-refractivity contribution in [2.75, 3.05) is 33.8 Å². The van der Waals surface area contributed by atoms with Crippen molar-refractivity contribution in [2.24, 2.45) is 10.8 Å². The number of likely N-dealkylation sites (tertiary alicyclic amines) is 2. The minimum atomic E-state index is -2.72. The van der Waals surface area contributed by atoms with Gasteiger partial charge in [0.15, 0.2) is 0 Å². The smallest absolute Gasteiger partial charge is 0.262 e. The molecular weight excluding hydrogens is 649 g/mol. The Morgan fingerprint density at radius 1 is 0.980 bits per heavy atom. The van der Waals surface area contributed by atoms with Gasteiger partial charge in [-0.3, -0.25) is 19.1 Å². The SMILES string of the molecule is C=S(=O)(NC(=O)c1ccc2c(C3CCCCC3)c3n(c2c1)CC1(C(=O)N2CCCC4(CCN(C)C4=O)C2)CC1c1cc(OC)ccc1-3)C1CC1. The molecule has 3 saturated carbocycles. The second kappa shape index (κ2) is 11.4. The van der Waals surface area contributed by atoms with Gasteiger partial charge in [0.1, 0.15) is 5.75 Å². The standard InChI is InChI=1S/C40H48N4O5S/c1-42-19-17-39(37(42)46)16-7-18-43(23-39)38(47)40-22-32(40)31-21-27(49-2)11-15-29(31)35-34(25-8-5-4-6-9-25)30-14-10-26(20-33(30)44(35)24-40)36(45)41-50(3,48)28-12-13-28/h10-11,14-15,20-21,25,28,32H,3-9,12-13,16-19,22-24H2,1-2H3,(H,41,45,48). The van der Waals surface area contributed by atoms with Crippen molar-refractivity contribution in [1.29, 1.82) is 0 Å². The lowest BCUT2D eigenvalue weighted by Gasteiger charge is -2.40. The second-order valence-corrected chi connectivity index (χ2v) is 18.5. The number of carbonyl (C=O) groups is 3. The van der Waals surface area contributed by atoms with Gasteiger partial charge in [-0.15, -0.1) is 0 Å². The molecule has 1 spiro atoms. The van der Waals surface area contributed by atoms with Crippen LogP contribution in [0.25, 0.3) is 22.2 Å². The van der Waals surface area contributed by atoms with Gasteiger partial charge >= 0.3 is 0 Å². The number of hydrogen-bond acceptors (Lipinski definition) is 5. The molecule has 2 aromatic carbocycles. The zero-order chi connectivity index (χ0) is 34.6. The van der Waals surface area contributed by atoms with Gasteiger partial charge < -0.3 is 19.1 Å². The fourth-order valence-corrected chi connectivity index (χ4v) is 11.7. The number of fused-ring (bicyclic) bond motifs is 7. The van der Waals surface area contributed by atoms with E-state index in [0.717, 1.165) is 91.4 Å². The predicted octanol–water partition coefficient (Wildman–Crippen LogP) is 5.85. The summed E-state index contributed by atoms with van der Waals surface area (Å²) in [5.41, 5.74) is 5.02. The molecule has 6 aliphatic rings. The van der Waals surface area contributed by atoms with Crippen molar-refractivity contribution in [2.45, 2.75) is 94.3 Å². The normalized spacial score (nSPS) is 28.8. The van der Waals surface area contributed by atoms with E-state index in [9.17, 15) is 13.8 Å². The molecule has 1 aromatic heterocycles. The maximum Gasteiger partial charge on any atom is 0.262 e. The number of piperidine rings is 1. The van der Waals surface area contributed by atoms with Crippen LogP contribution in [-0.2, 0) is 25.8 Å². The number of ether oxygens (including phenoxy) is 1. The monoisotopic (exact) mass is 696 g/mol. The Labute approximate surface area is 294 Å². The number of hydrogen-bond donors (Lipinski definition) is 1. The number of methoxy groups -OCH3 is 1. The maximum absolute atomic E-state index is 15.1. The summed E-state index contributed by atoms with van der Waals surface area (Å²) in [5.74, 6) is 5.01. The summed E-state index contributed by atoms with van der Waals surface area (Å²) < 4.78 is 24.1. The summed E-state index contributed by atoms with van der Waals surface area (Å²) in [6.45, 7) is 2.39. The average molecular weight is 697 g/mol. The van der Waals surface area contributed by atoms with Crippen LogP contribution in [0.4, 0.5) is 0 Å². The molecule has 4 heterocycles. The lowest BCUT2D eigenvalue weighted by Crippen LogP contribution is -2.52. The van der Waals surface area contributed by atoms with Crippen LogP contribution in [0.15, 0.2) is 36.4 Å². The molecule has 4 atom stereocenters. The Bertz CT molecular complexity index is 2060. The van der Waals surface area contributed by atoms with Crippen molar-refractivity contribution in [1.82, 2.24) is 19.1 Å². The fourth-order valence-electron chi connectivity index (χ4n) is 10.2. The van der Waals surface area contributed by atoms with Crippen LogP contribution in [0.2, 0.25) is 0 Å². The predicted molar refractivity (Wildman–Crippen MR) is 196 cm³/mol. The minimum absolute atomic E-state index is 0.0231. The Hall–Kier alpha value is -3.79. The van der Waals surface area contributed by atoms with Gasteiger partial charge in [0.25, 0.3) is 5.91 Å². The van der Waals surface area contributed by atoms with Gasteiger partial charge in [0.2, 0.25) is 11.8 Å². The van der Waals surface area contributed by atoms with Crippen molar-refractivity contribution in [3.05, 3.63) is 53.1 Å². The third-order valence-electron chi connectivity index (χ3n) is 13.1. The van der Waals surface area contributed by atoms with Crippen LogP contribution in [0.1, 0.15) is 104 Å². The third kappa shape index (κ3) is 4.87. The molecule has 0 radical (unpaired) electrons. The van der Waals surface area contributed by atoms with Crippen LogP contribution in [-0.4, -0.2) is 81.2 Å². The van der Waals surface area contributed by atoms with E-state index in [1.807, 2.05) is 35.0 Å². The third-order valence-corrected chi connectivity index (χ3v) is 15.2. The molecule has 1 N–H and O–H groups in total.